The fourth-order valence-electron chi connectivity index (χ4n) is 1.16. The topological polar surface area (TPSA) is 63.3 Å². The van der Waals surface area contributed by atoms with Crippen molar-refractivity contribution in [3.8, 4) is 0 Å². The Morgan fingerprint density at radius 3 is 2.88 bits per heavy atom. The molecule has 0 aliphatic carbocycles. The Kier molecular flexibility index (Phi) is 3.54. The molecule has 0 aliphatic heterocycles. The number of carboxylic acid groups (broad SMARTS) is 1. The molecule has 0 unspecified atom stereocenters. The summed E-state index contributed by atoms with van der Waals surface area (Å²) in [4.78, 5) is 14.8. The van der Waals surface area contributed by atoms with Crippen LogP contribution in [-0.2, 0) is 0 Å². The second kappa shape index (κ2) is 4.93. The molecule has 2 aromatic rings. The molecule has 2 rings (SSSR count). The van der Waals surface area contributed by atoms with E-state index in [2.05, 4.69) is 20.9 Å². The van der Waals surface area contributed by atoms with Crippen LogP contribution in [0.4, 0.5) is 0 Å². The summed E-state index contributed by atoms with van der Waals surface area (Å²) in [6, 6.07) is 4.95. The van der Waals surface area contributed by atoms with Crippen LogP contribution in [0.1, 0.15) is 16.1 Å². The van der Waals surface area contributed by atoms with Crippen molar-refractivity contribution in [2.75, 3.05) is 0 Å². The molecule has 0 spiro atoms. The fraction of sp³-hybridized carbons (Fsp3) is 0.0909. The van der Waals surface area contributed by atoms with E-state index in [1.54, 1.807) is 12.3 Å². The number of furan rings is 1. The first-order valence-corrected chi connectivity index (χ1v) is 6.30. The summed E-state index contributed by atoms with van der Waals surface area (Å²) in [7, 11) is 0. The van der Waals surface area contributed by atoms with Crippen LogP contribution in [0.5, 0.6) is 0 Å². The van der Waals surface area contributed by atoms with Crippen molar-refractivity contribution in [3.05, 3.63) is 40.2 Å². The predicted molar refractivity (Wildman–Crippen MR) is 66.5 cm³/mol. The van der Waals surface area contributed by atoms with Gasteiger partial charge in [-0.05, 0) is 58.4 Å². The van der Waals surface area contributed by atoms with Crippen LogP contribution in [0.3, 0.4) is 0 Å². The van der Waals surface area contributed by atoms with Gasteiger partial charge in [0.05, 0.1) is 0 Å². The molecule has 1 N–H and O–H groups in total. The summed E-state index contributed by atoms with van der Waals surface area (Å²) in [5, 5.41) is 9.99. The lowest BCUT2D eigenvalue weighted by atomic mass is 10.3. The summed E-state index contributed by atoms with van der Waals surface area (Å²) in [5.41, 5.74) is 1.06. The summed E-state index contributed by atoms with van der Waals surface area (Å²) in [6.45, 7) is 1.96. The number of halogens is 1. The smallest absolute Gasteiger partial charge is 0.371 e. The molecule has 0 bridgehead atoms. The van der Waals surface area contributed by atoms with Gasteiger partial charge in [-0.15, -0.1) is 0 Å². The maximum absolute atomic E-state index is 10.6. The Morgan fingerprint density at radius 2 is 2.29 bits per heavy atom. The molecule has 17 heavy (non-hydrogen) atoms. The number of carbonyl (C=O) groups is 1. The van der Waals surface area contributed by atoms with Crippen molar-refractivity contribution < 1.29 is 14.3 Å². The zero-order chi connectivity index (χ0) is 12.4. The molecule has 0 atom stereocenters. The van der Waals surface area contributed by atoms with Gasteiger partial charge in [0.2, 0.25) is 5.76 Å². The van der Waals surface area contributed by atoms with Gasteiger partial charge in [-0.25, -0.2) is 9.78 Å². The molecular formula is C11H8BrNO3S. The number of aromatic carboxylic acids is 1. The van der Waals surface area contributed by atoms with E-state index in [1.165, 1.54) is 17.8 Å². The summed E-state index contributed by atoms with van der Waals surface area (Å²) in [5.74, 6) is -1.14. The molecule has 0 saturated carbocycles. The third kappa shape index (κ3) is 2.89. The van der Waals surface area contributed by atoms with E-state index in [1.807, 2.05) is 13.0 Å². The van der Waals surface area contributed by atoms with Crippen LogP contribution in [0, 0.1) is 6.92 Å². The number of aromatic nitrogens is 1. The quantitative estimate of drug-likeness (QED) is 0.938. The van der Waals surface area contributed by atoms with Crippen LogP contribution in [0.25, 0.3) is 0 Å². The number of aryl methyl sites for hydroxylation is 1. The molecule has 6 heteroatoms. The first kappa shape index (κ1) is 12.2. The molecule has 0 saturated heterocycles. The van der Waals surface area contributed by atoms with Gasteiger partial charge in [0, 0.05) is 10.7 Å². The Morgan fingerprint density at radius 1 is 1.53 bits per heavy atom. The minimum absolute atomic E-state index is 0.0682. The Labute approximate surface area is 110 Å². The first-order valence-electron chi connectivity index (χ1n) is 4.69. The lowest BCUT2D eigenvalue weighted by Gasteiger charge is -2.00. The highest BCUT2D eigenvalue weighted by Gasteiger charge is 2.10. The van der Waals surface area contributed by atoms with Gasteiger partial charge in [0.25, 0.3) is 0 Å². The Hall–Kier alpha value is -1.27. The predicted octanol–water partition coefficient (Wildman–Crippen LogP) is 3.59. The molecule has 0 radical (unpaired) electrons. The van der Waals surface area contributed by atoms with Gasteiger partial charge < -0.3 is 9.52 Å². The zero-order valence-corrected chi connectivity index (χ0v) is 11.2. The third-order valence-corrected chi connectivity index (χ3v) is 3.70. The highest BCUT2D eigenvalue weighted by molar-refractivity contribution is 9.10. The molecule has 0 aliphatic rings. The van der Waals surface area contributed by atoms with Crippen molar-refractivity contribution in [1.82, 2.24) is 4.98 Å². The van der Waals surface area contributed by atoms with Crippen molar-refractivity contribution in [2.24, 2.45) is 0 Å². The van der Waals surface area contributed by atoms with E-state index in [-0.39, 0.29) is 5.76 Å². The largest absolute Gasteiger partial charge is 0.475 e. The van der Waals surface area contributed by atoms with E-state index < -0.39 is 5.97 Å². The Balaban J connectivity index is 2.19. The average molecular weight is 314 g/mol. The number of nitrogens with zero attached hydrogens (tertiary/aromatic N) is 1. The molecule has 0 fully saturated rings. The molecule has 4 nitrogen and oxygen atoms in total. The second-order valence-electron chi connectivity index (χ2n) is 3.30. The number of hydrogen-bond donors (Lipinski definition) is 1. The molecular weight excluding hydrogens is 306 g/mol. The van der Waals surface area contributed by atoms with E-state index in [9.17, 15) is 4.79 Å². The van der Waals surface area contributed by atoms with Gasteiger partial charge in [-0.1, -0.05) is 0 Å². The van der Waals surface area contributed by atoms with Gasteiger partial charge in [-0.2, -0.15) is 0 Å². The standard InChI is InChI=1S/C11H8BrNO3S/c1-6-4-9(13-5-7(6)12)17-10-3-2-8(16-10)11(14)15/h2-5H,1H3,(H,14,15). The molecule has 0 aromatic carbocycles. The zero-order valence-electron chi connectivity index (χ0n) is 8.81. The van der Waals surface area contributed by atoms with Crippen molar-refractivity contribution in [2.45, 2.75) is 17.0 Å². The van der Waals surface area contributed by atoms with Crippen molar-refractivity contribution in [1.29, 1.82) is 0 Å². The van der Waals surface area contributed by atoms with Crippen LogP contribution in [0.15, 0.2) is 43.4 Å². The van der Waals surface area contributed by atoms with Crippen LogP contribution in [-0.4, -0.2) is 16.1 Å². The lowest BCUT2D eigenvalue weighted by molar-refractivity contribution is 0.0656. The van der Waals surface area contributed by atoms with E-state index in [0.717, 1.165) is 15.1 Å². The fourth-order valence-corrected chi connectivity index (χ4v) is 2.19. The van der Waals surface area contributed by atoms with Gasteiger partial charge in [0.15, 0.2) is 5.09 Å². The number of pyridine rings is 1. The number of rotatable bonds is 3. The maximum atomic E-state index is 10.6. The monoisotopic (exact) mass is 313 g/mol. The normalized spacial score (nSPS) is 10.5. The van der Waals surface area contributed by atoms with Gasteiger partial charge >= 0.3 is 5.97 Å². The Bertz CT molecular complexity index is 568. The van der Waals surface area contributed by atoms with Crippen LogP contribution in [0.2, 0.25) is 0 Å². The highest BCUT2D eigenvalue weighted by Crippen LogP contribution is 2.29. The number of carboxylic acids is 1. The molecule has 2 heterocycles. The first-order chi connectivity index (χ1) is 8.06. The average Bonchev–Trinajstić information content (AvgIpc) is 2.72. The molecule has 88 valence electrons. The van der Waals surface area contributed by atoms with Crippen LogP contribution < -0.4 is 0 Å². The second-order valence-corrected chi connectivity index (χ2v) is 5.18. The lowest BCUT2D eigenvalue weighted by Crippen LogP contribution is -1.91. The SMILES string of the molecule is Cc1cc(Sc2ccc(C(=O)O)o2)ncc1Br. The highest BCUT2D eigenvalue weighted by atomic mass is 79.9. The summed E-state index contributed by atoms with van der Waals surface area (Å²) < 4.78 is 6.07. The van der Waals surface area contributed by atoms with E-state index in [4.69, 9.17) is 9.52 Å². The van der Waals surface area contributed by atoms with E-state index >= 15 is 0 Å². The summed E-state index contributed by atoms with van der Waals surface area (Å²) in [6.07, 6.45) is 1.71. The summed E-state index contributed by atoms with van der Waals surface area (Å²) >= 11 is 4.65. The van der Waals surface area contributed by atoms with Gasteiger partial charge in [0.1, 0.15) is 5.03 Å². The van der Waals surface area contributed by atoms with Crippen molar-refractivity contribution >= 4 is 33.7 Å². The maximum Gasteiger partial charge on any atom is 0.371 e. The van der Waals surface area contributed by atoms with Crippen LogP contribution >= 0.6 is 27.7 Å². The third-order valence-electron chi connectivity index (χ3n) is 2.02. The number of hydrogen-bond acceptors (Lipinski definition) is 4. The molecule has 2 aromatic heterocycles. The molecule has 0 amide bonds. The van der Waals surface area contributed by atoms with Crippen molar-refractivity contribution in [3.63, 3.8) is 0 Å². The minimum atomic E-state index is -1.07. The van der Waals surface area contributed by atoms with E-state index in [0.29, 0.717) is 5.09 Å². The minimum Gasteiger partial charge on any atom is -0.475 e. The van der Waals surface area contributed by atoms with Gasteiger partial charge in [-0.3, -0.25) is 0 Å².